The number of pyridine rings is 1. The summed E-state index contributed by atoms with van der Waals surface area (Å²) in [6, 6.07) is 9.45. The minimum absolute atomic E-state index is 0.0177. The Kier molecular flexibility index (Phi) is 3.51. The molecule has 0 saturated heterocycles. The van der Waals surface area contributed by atoms with Crippen LogP contribution in [-0.4, -0.2) is 22.3 Å². The van der Waals surface area contributed by atoms with Crippen molar-refractivity contribution < 1.29 is 4.79 Å². The molecule has 3 nitrogen and oxygen atoms in total. The van der Waals surface area contributed by atoms with E-state index in [1.807, 2.05) is 30.3 Å². The van der Waals surface area contributed by atoms with E-state index in [1.54, 1.807) is 6.20 Å². The number of fused-ring (bicyclic) bond motifs is 1. The first-order chi connectivity index (χ1) is 9.24. The zero-order valence-electron chi connectivity index (χ0n) is 10.5. The van der Waals surface area contributed by atoms with E-state index in [2.05, 4.69) is 26.2 Å². The second kappa shape index (κ2) is 5.29. The fourth-order valence-corrected chi connectivity index (χ4v) is 2.82. The van der Waals surface area contributed by atoms with Crippen LogP contribution in [0, 0.1) is 5.92 Å². The van der Waals surface area contributed by atoms with Crippen LogP contribution in [0.4, 0.5) is 0 Å². The van der Waals surface area contributed by atoms with Gasteiger partial charge in [-0.3, -0.25) is 9.78 Å². The SMILES string of the molecule is O=C(NCC(Br)C1CC1)c1ccc2ncccc2c1. The van der Waals surface area contributed by atoms with E-state index in [1.165, 1.54) is 12.8 Å². The molecule has 1 aromatic carbocycles. The van der Waals surface area contributed by atoms with Crippen molar-refractivity contribution in [2.45, 2.75) is 17.7 Å². The van der Waals surface area contributed by atoms with Crippen molar-refractivity contribution >= 4 is 32.7 Å². The number of hydrogen-bond donors (Lipinski definition) is 1. The highest BCUT2D eigenvalue weighted by molar-refractivity contribution is 9.09. The Hall–Kier alpha value is -1.42. The molecule has 0 spiro atoms. The summed E-state index contributed by atoms with van der Waals surface area (Å²) >= 11 is 3.62. The number of nitrogens with zero attached hydrogens (tertiary/aromatic N) is 1. The van der Waals surface area contributed by atoms with Crippen molar-refractivity contribution in [2.24, 2.45) is 5.92 Å². The third kappa shape index (κ3) is 2.95. The van der Waals surface area contributed by atoms with E-state index in [0.717, 1.165) is 16.8 Å². The molecule has 1 fully saturated rings. The molecule has 98 valence electrons. The molecule has 1 saturated carbocycles. The molecule has 1 unspecified atom stereocenters. The summed E-state index contributed by atoms with van der Waals surface area (Å²) in [6.07, 6.45) is 4.30. The number of alkyl halides is 1. The van der Waals surface area contributed by atoms with Crippen molar-refractivity contribution in [2.75, 3.05) is 6.54 Å². The van der Waals surface area contributed by atoms with Crippen LogP contribution in [-0.2, 0) is 0 Å². The lowest BCUT2D eigenvalue weighted by atomic mass is 10.1. The molecule has 0 bridgehead atoms. The zero-order valence-corrected chi connectivity index (χ0v) is 12.1. The molecule has 4 heteroatoms. The standard InChI is InChI=1S/C15H15BrN2O/c16-13(10-3-4-10)9-18-15(19)12-5-6-14-11(8-12)2-1-7-17-14/h1-2,5-8,10,13H,3-4,9H2,(H,18,19). The van der Waals surface area contributed by atoms with Gasteiger partial charge in [-0.1, -0.05) is 22.0 Å². The minimum Gasteiger partial charge on any atom is -0.351 e. The molecule has 1 aliphatic carbocycles. The molecule has 1 atom stereocenters. The quantitative estimate of drug-likeness (QED) is 0.880. The highest BCUT2D eigenvalue weighted by atomic mass is 79.9. The van der Waals surface area contributed by atoms with Gasteiger partial charge in [-0.2, -0.15) is 0 Å². The van der Waals surface area contributed by atoms with Gasteiger partial charge in [0.15, 0.2) is 0 Å². The lowest BCUT2D eigenvalue weighted by Crippen LogP contribution is -2.30. The molecule has 19 heavy (non-hydrogen) atoms. The number of amides is 1. The molecule has 3 rings (SSSR count). The molecule has 1 aromatic heterocycles. The first-order valence-corrected chi connectivity index (χ1v) is 7.42. The predicted octanol–water partition coefficient (Wildman–Crippen LogP) is 3.14. The molecule has 0 radical (unpaired) electrons. The normalized spacial score (nSPS) is 16.3. The van der Waals surface area contributed by atoms with Crippen LogP contribution in [0.1, 0.15) is 23.2 Å². The smallest absolute Gasteiger partial charge is 0.251 e. The van der Waals surface area contributed by atoms with E-state index in [9.17, 15) is 4.79 Å². The summed E-state index contributed by atoms with van der Waals surface area (Å²) in [6.45, 7) is 0.689. The summed E-state index contributed by atoms with van der Waals surface area (Å²) in [4.78, 5) is 16.7. The fraction of sp³-hybridized carbons (Fsp3) is 0.333. The van der Waals surface area contributed by atoms with Gasteiger partial charge in [-0.15, -0.1) is 0 Å². The van der Waals surface area contributed by atoms with E-state index in [4.69, 9.17) is 0 Å². The van der Waals surface area contributed by atoms with Crippen LogP contribution in [0.15, 0.2) is 36.5 Å². The fourth-order valence-electron chi connectivity index (χ4n) is 2.13. The van der Waals surface area contributed by atoms with Gasteiger partial charge in [0.05, 0.1) is 5.52 Å². The van der Waals surface area contributed by atoms with Crippen LogP contribution in [0.2, 0.25) is 0 Å². The van der Waals surface area contributed by atoms with Crippen LogP contribution in [0.3, 0.4) is 0 Å². The number of nitrogens with one attached hydrogen (secondary N) is 1. The van der Waals surface area contributed by atoms with Crippen LogP contribution >= 0.6 is 15.9 Å². The van der Waals surface area contributed by atoms with E-state index in [0.29, 0.717) is 16.9 Å². The van der Waals surface area contributed by atoms with Gasteiger partial charge in [0.1, 0.15) is 0 Å². The van der Waals surface area contributed by atoms with Gasteiger partial charge >= 0.3 is 0 Å². The van der Waals surface area contributed by atoms with Crippen molar-refractivity contribution in [3.63, 3.8) is 0 Å². The summed E-state index contributed by atoms with van der Waals surface area (Å²) in [5.74, 6) is 0.719. The highest BCUT2D eigenvalue weighted by Gasteiger charge is 2.29. The molecular weight excluding hydrogens is 304 g/mol. The Morgan fingerprint density at radius 3 is 3.05 bits per heavy atom. The Morgan fingerprint density at radius 1 is 1.42 bits per heavy atom. The van der Waals surface area contributed by atoms with Crippen molar-refractivity contribution in [1.82, 2.24) is 10.3 Å². The van der Waals surface area contributed by atoms with Crippen molar-refractivity contribution in [3.8, 4) is 0 Å². The zero-order chi connectivity index (χ0) is 13.2. The molecular formula is C15H15BrN2O. The number of benzene rings is 1. The van der Waals surface area contributed by atoms with Gasteiger partial charge in [0.25, 0.3) is 5.91 Å². The third-order valence-electron chi connectivity index (χ3n) is 3.46. The maximum atomic E-state index is 12.1. The number of halogens is 1. The lowest BCUT2D eigenvalue weighted by Gasteiger charge is -2.10. The number of aromatic nitrogens is 1. The maximum Gasteiger partial charge on any atom is 0.251 e. The Balaban J connectivity index is 1.70. The van der Waals surface area contributed by atoms with Gasteiger partial charge in [0.2, 0.25) is 0 Å². The topological polar surface area (TPSA) is 42.0 Å². The predicted molar refractivity (Wildman–Crippen MR) is 79.5 cm³/mol. The number of carbonyl (C=O) groups is 1. The largest absolute Gasteiger partial charge is 0.351 e. The number of carbonyl (C=O) groups excluding carboxylic acids is 1. The number of hydrogen-bond acceptors (Lipinski definition) is 2. The van der Waals surface area contributed by atoms with E-state index >= 15 is 0 Å². The lowest BCUT2D eigenvalue weighted by molar-refractivity contribution is 0.0953. The monoisotopic (exact) mass is 318 g/mol. The minimum atomic E-state index is -0.0177. The van der Waals surface area contributed by atoms with Crippen LogP contribution in [0.5, 0.6) is 0 Å². The maximum absolute atomic E-state index is 12.1. The van der Waals surface area contributed by atoms with Gasteiger partial charge in [-0.05, 0) is 43.0 Å². The average molecular weight is 319 g/mol. The second-order valence-electron chi connectivity index (χ2n) is 4.97. The first kappa shape index (κ1) is 12.6. The van der Waals surface area contributed by atoms with Crippen LogP contribution in [0.25, 0.3) is 10.9 Å². The molecule has 2 aromatic rings. The Labute approximate surface area is 120 Å². The molecule has 0 aliphatic heterocycles. The summed E-state index contributed by atoms with van der Waals surface area (Å²) < 4.78 is 0. The molecule has 1 amide bonds. The van der Waals surface area contributed by atoms with E-state index < -0.39 is 0 Å². The summed E-state index contributed by atoms with van der Waals surface area (Å²) in [5.41, 5.74) is 1.60. The van der Waals surface area contributed by atoms with Crippen molar-refractivity contribution in [3.05, 3.63) is 42.1 Å². The molecule has 1 N–H and O–H groups in total. The van der Waals surface area contributed by atoms with Crippen molar-refractivity contribution in [1.29, 1.82) is 0 Å². The molecule has 1 heterocycles. The third-order valence-corrected chi connectivity index (χ3v) is 4.53. The van der Waals surface area contributed by atoms with E-state index in [-0.39, 0.29) is 5.91 Å². The summed E-state index contributed by atoms with van der Waals surface area (Å²) in [5, 5.41) is 3.97. The van der Waals surface area contributed by atoms with Gasteiger partial charge in [0, 0.05) is 28.5 Å². The summed E-state index contributed by atoms with van der Waals surface area (Å²) in [7, 11) is 0. The highest BCUT2D eigenvalue weighted by Crippen LogP contribution is 2.36. The van der Waals surface area contributed by atoms with Crippen LogP contribution < -0.4 is 5.32 Å². The van der Waals surface area contributed by atoms with Gasteiger partial charge in [-0.25, -0.2) is 0 Å². The van der Waals surface area contributed by atoms with Gasteiger partial charge < -0.3 is 5.32 Å². The number of rotatable bonds is 4. The second-order valence-corrected chi connectivity index (χ2v) is 6.15. The average Bonchev–Trinajstić information content (AvgIpc) is 3.28. The Morgan fingerprint density at radius 2 is 2.26 bits per heavy atom. The molecule has 1 aliphatic rings. The Bertz CT molecular complexity index is 610. The first-order valence-electron chi connectivity index (χ1n) is 6.51.